The van der Waals surface area contributed by atoms with E-state index in [0.29, 0.717) is 5.56 Å². The van der Waals surface area contributed by atoms with Gasteiger partial charge in [-0.3, -0.25) is 9.59 Å². The van der Waals surface area contributed by atoms with Crippen molar-refractivity contribution in [3.05, 3.63) is 66.1 Å². The number of amides is 2. The number of nitrogens with zero attached hydrogens (tertiary/aromatic N) is 2. The molecule has 2 amide bonds. The lowest BCUT2D eigenvalue weighted by atomic mass is 10.2. The minimum Gasteiger partial charge on any atom is -0.358 e. The average molecular weight is 354 g/mol. The van der Waals surface area contributed by atoms with Gasteiger partial charge in [0.1, 0.15) is 5.65 Å². The summed E-state index contributed by atoms with van der Waals surface area (Å²) >= 11 is 1.66. The lowest BCUT2D eigenvalue weighted by Gasteiger charge is -2.05. The van der Waals surface area contributed by atoms with E-state index < -0.39 is 0 Å². The number of carbonyl (C=O) groups is 2. The number of fused-ring (bicyclic) bond motifs is 1. The molecule has 128 valence electrons. The number of hydrogen-bond donors (Lipinski definition) is 2. The van der Waals surface area contributed by atoms with Crippen molar-refractivity contribution >= 4 is 29.2 Å². The van der Waals surface area contributed by atoms with E-state index in [4.69, 9.17) is 0 Å². The number of benzene rings is 1. The van der Waals surface area contributed by atoms with Crippen molar-refractivity contribution in [2.45, 2.75) is 10.6 Å². The van der Waals surface area contributed by atoms with E-state index in [1.807, 2.05) is 47.1 Å². The molecule has 7 heteroatoms. The molecular weight excluding hydrogens is 336 g/mol. The first kappa shape index (κ1) is 17.0. The third kappa shape index (κ3) is 4.39. The van der Waals surface area contributed by atoms with Crippen LogP contribution in [0.3, 0.4) is 0 Å². The number of thioether (sulfide) groups is 1. The lowest BCUT2D eigenvalue weighted by molar-refractivity contribution is -0.119. The molecule has 0 radical (unpaired) electrons. The number of carbonyl (C=O) groups excluding carboxylic acids is 2. The van der Waals surface area contributed by atoms with Crippen LogP contribution in [0.25, 0.3) is 5.65 Å². The summed E-state index contributed by atoms with van der Waals surface area (Å²) in [5.74, 6) is 0.262. The maximum atomic E-state index is 11.9. The largest absolute Gasteiger partial charge is 0.358 e. The Hall–Kier alpha value is -2.80. The first-order valence-electron chi connectivity index (χ1n) is 7.80. The van der Waals surface area contributed by atoms with Crippen LogP contribution in [-0.2, 0) is 10.5 Å². The number of nitrogens with one attached hydrogen (secondary N) is 2. The van der Waals surface area contributed by atoms with Crippen molar-refractivity contribution in [1.29, 1.82) is 0 Å². The van der Waals surface area contributed by atoms with Crippen molar-refractivity contribution in [2.75, 3.05) is 13.6 Å². The van der Waals surface area contributed by atoms with Crippen LogP contribution in [0.1, 0.15) is 16.1 Å². The van der Waals surface area contributed by atoms with Gasteiger partial charge in [0.25, 0.3) is 5.91 Å². The second-order valence-corrected chi connectivity index (χ2v) is 6.42. The highest BCUT2D eigenvalue weighted by atomic mass is 32.2. The number of aromatic nitrogens is 2. The molecule has 1 aromatic carbocycles. The van der Waals surface area contributed by atoms with Crippen LogP contribution >= 0.6 is 11.8 Å². The highest BCUT2D eigenvalue weighted by Gasteiger charge is 2.08. The molecule has 0 bridgehead atoms. The monoisotopic (exact) mass is 354 g/mol. The fraction of sp³-hybridized carbons (Fsp3) is 0.167. The van der Waals surface area contributed by atoms with Gasteiger partial charge < -0.3 is 15.0 Å². The molecule has 3 rings (SSSR count). The molecule has 0 atom stereocenters. The predicted molar refractivity (Wildman–Crippen MR) is 97.6 cm³/mol. The fourth-order valence-corrected chi connectivity index (χ4v) is 3.05. The Morgan fingerprint density at radius 2 is 1.96 bits per heavy atom. The van der Waals surface area contributed by atoms with Crippen LogP contribution in [0.2, 0.25) is 0 Å². The van der Waals surface area contributed by atoms with Gasteiger partial charge in [-0.05, 0) is 36.4 Å². The van der Waals surface area contributed by atoms with E-state index >= 15 is 0 Å². The molecule has 3 aromatic rings. The molecule has 0 aliphatic carbocycles. The van der Waals surface area contributed by atoms with Gasteiger partial charge in [-0.2, -0.15) is 0 Å². The van der Waals surface area contributed by atoms with Gasteiger partial charge in [0.05, 0.1) is 12.2 Å². The first-order chi connectivity index (χ1) is 12.2. The van der Waals surface area contributed by atoms with Gasteiger partial charge in [-0.1, -0.05) is 6.07 Å². The van der Waals surface area contributed by atoms with Crippen molar-refractivity contribution in [3.8, 4) is 0 Å². The van der Waals surface area contributed by atoms with E-state index in [9.17, 15) is 9.59 Å². The summed E-state index contributed by atoms with van der Waals surface area (Å²) in [4.78, 5) is 28.7. The maximum absolute atomic E-state index is 11.9. The first-order valence-corrected chi connectivity index (χ1v) is 8.78. The Bertz CT molecular complexity index is 856. The predicted octanol–water partition coefficient (Wildman–Crippen LogP) is 2.10. The molecule has 0 fully saturated rings. The van der Waals surface area contributed by atoms with Crippen molar-refractivity contribution < 1.29 is 9.59 Å². The van der Waals surface area contributed by atoms with Crippen LogP contribution in [0.4, 0.5) is 0 Å². The molecule has 0 unspecified atom stereocenters. The van der Waals surface area contributed by atoms with Crippen LogP contribution in [0.15, 0.2) is 59.8 Å². The smallest absolute Gasteiger partial charge is 0.251 e. The molecule has 0 aliphatic heterocycles. The van der Waals surface area contributed by atoms with E-state index in [0.717, 1.165) is 22.0 Å². The van der Waals surface area contributed by atoms with Gasteiger partial charge in [-0.15, -0.1) is 11.8 Å². The lowest BCUT2D eigenvalue weighted by Crippen LogP contribution is -2.35. The molecule has 0 saturated carbocycles. The van der Waals surface area contributed by atoms with Gasteiger partial charge in [-0.25, -0.2) is 4.98 Å². The Morgan fingerprint density at radius 1 is 1.16 bits per heavy atom. The standard InChI is InChI=1S/C18H18N4O2S/c1-19-17(23)10-20-18(24)13-5-7-15(8-6-13)25-12-14-11-22-9-3-2-4-16(22)21-14/h2-9,11H,10,12H2,1H3,(H,19,23)(H,20,24). The number of likely N-dealkylation sites (N-methyl/N-ethyl adjacent to an activating group) is 1. The van der Waals surface area contributed by atoms with Crippen LogP contribution in [0.5, 0.6) is 0 Å². The summed E-state index contributed by atoms with van der Waals surface area (Å²) in [7, 11) is 1.53. The molecule has 0 aliphatic rings. The molecule has 6 nitrogen and oxygen atoms in total. The Morgan fingerprint density at radius 3 is 2.68 bits per heavy atom. The number of rotatable bonds is 6. The zero-order valence-electron chi connectivity index (χ0n) is 13.7. The third-order valence-electron chi connectivity index (χ3n) is 3.61. The molecular formula is C18H18N4O2S. The van der Waals surface area contributed by atoms with Crippen LogP contribution in [-0.4, -0.2) is 34.8 Å². The van der Waals surface area contributed by atoms with E-state index in [2.05, 4.69) is 15.6 Å². The topological polar surface area (TPSA) is 75.5 Å². The molecule has 2 heterocycles. The minimum absolute atomic E-state index is 0.0281. The van der Waals surface area contributed by atoms with E-state index in [1.54, 1.807) is 23.9 Å². The molecule has 2 N–H and O–H groups in total. The van der Waals surface area contributed by atoms with Crippen molar-refractivity contribution in [2.24, 2.45) is 0 Å². The summed E-state index contributed by atoms with van der Waals surface area (Å²) in [5.41, 5.74) is 2.46. The number of hydrogen-bond acceptors (Lipinski definition) is 4. The van der Waals surface area contributed by atoms with Gasteiger partial charge in [0, 0.05) is 35.7 Å². The maximum Gasteiger partial charge on any atom is 0.251 e. The zero-order valence-corrected chi connectivity index (χ0v) is 14.5. The van der Waals surface area contributed by atoms with Gasteiger partial charge >= 0.3 is 0 Å². The Balaban J connectivity index is 1.57. The molecule has 25 heavy (non-hydrogen) atoms. The number of imidazole rings is 1. The average Bonchev–Trinajstić information content (AvgIpc) is 3.07. The fourth-order valence-electron chi connectivity index (χ4n) is 2.27. The van der Waals surface area contributed by atoms with E-state index in [-0.39, 0.29) is 18.4 Å². The normalized spacial score (nSPS) is 10.6. The van der Waals surface area contributed by atoms with Crippen molar-refractivity contribution in [1.82, 2.24) is 20.0 Å². The third-order valence-corrected chi connectivity index (χ3v) is 4.65. The highest BCUT2D eigenvalue weighted by molar-refractivity contribution is 7.98. The second-order valence-electron chi connectivity index (χ2n) is 5.37. The van der Waals surface area contributed by atoms with Crippen molar-refractivity contribution in [3.63, 3.8) is 0 Å². The summed E-state index contributed by atoms with van der Waals surface area (Å²) in [6.45, 7) is -0.0281. The number of pyridine rings is 1. The molecule has 0 saturated heterocycles. The molecule has 2 aromatic heterocycles. The second kappa shape index (κ2) is 7.85. The highest BCUT2D eigenvalue weighted by Crippen LogP contribution is 2.23. The summed E-state index contributed by atoms with van der Waals surface area (Å²) < 4.78 is 2.00. The Labute approximate surface area is 149 Å². The van der Waals surface area contributed by atoms with E-state index in [1.165, 1.54) is 7.05 Å². The van der Waals surface area contributed by atoms with Gasteiger partial charge in [0.15, 0.2) is 0 Å². The summed E-state index contributed by atoms with van der Waals surface area (Å²) in [5, 5.41) is 5.03. The summed E-state index contributed by atoms with van der Waals surface area (Å²) in [6, 6.07) is 13.2. The Kier molecular flexibility index (Phi) is 5.35. The van der Waals surface area contributed by atoms with Crippen LogP contribution < -0.4 is 10.6 Å². The minimum atomic E-state index is -0.263. The van der Waals surface area contributed by atoms with Gasteiger partial charge in [0.2, 0.25) is 5.91 Å². The van der Waals surface area contributed by atoms with Crippen LogP contribution in [0, 0.1) is 0 Å². The zero-order chi connectivity index (χ0) is 17.6. The quantitative estimate of drug-likeness (QED) is 0.665. The molecule has 0 spiro atoms. The summed E-state index contributed by atoms with van der Waals surface area (Å²) in [6.07, 6.45) is 3.99. The SMILES string of the molecule is CNC(=O)CNC(=O)c1ccc(SCc2cn3ccccc3n2)cc1.